The van der Waals surface area contributed by atoms with E-state index in [4.69, 9.17) is 0 Å². The van der Waals surface area contributed by atoms with Crippen LogP contribution in [0.15, 0.2) is 18.2 Å². The maximum atomic E-state index is 13.9. The fourth-order valence-corrected chi connectivity index (χ4v) is 2.95. The quantitative estimate of drug-likeness (QED) is 0.836. The molecule has 23 heavy (non-hydrogen) atoms. The first-order valence-electron chi connectivity index (χ1n) is 8.67. The zero-order valence-electron chi connectivity index (χ0n) is 15.4. The van der Waals surface area contributed by atoms with E-state index in [9.17, 15) is 9.18 Å². The van der Waals surface area contributed by atoms with Crippen LogP contribution in [0.25, 0.3) is 0 Å². The van der Waals surface area contributed by atoms with Gasteiger partial charge in [0.1, 0.15) is 5.82 Å². The predicted molar refractivity (Wildman–Crippen MR) is 94.3 cm³/mol. The smallest absolute Gasteiger partial charge is 0.256 e. The lowest BCUT2D eigenvalue weighted by atomic mass is 10.0. The highest BCUT2D eigenvalue weighted by molar-refractivity contribution is 5.94. The van der Waals surface area contributed by atoms with Gasteiger partial charge in [0.25, 0.3) is 5.91 Å². The summed E-state index contributed by atoms with van der Waals surface area (Å²) in [5.74, 6) is -0.642. The number of hydrogen-bond acceptors (Lipinski definition) is 2. The molecule has 1 saturated heterocycles. The Hall–Kier alpha value is -1.42. The number of carbonyl (C=O) groups is 1. The Labute approximate surface area is 140 Å². The summed E-state index contributed by atoms with van der Waals surface area (Å²) in [4.78, 5) is 16.6. The van der Waals surface area contributed by atoms with Crippen LogP contribution in [0.5, 0.6) is 0 Å². The average molecular weight is 322 g/mol. The summed E-state index contributed by atoms with van der Waals surface area (Å²) in [7, 11) is 1.79. The van der Waals surface area contributed by atoms with E-state index in [2.05, 4.69) is 18.7 Å². The molecule has 0 bridgehead atoms. The van der Waals surface area contributed by atoms with Gasteiger partial charge in [-0.15, -0.1) is 0 Å². The molecule has 0 aliphatic carbocycles. The molecule has 0 radical (unpaired) electrons. The number of rotatable bonds is 3. The number of amides is 1. The molecular formula is C19H31FN2O. The van der Waals surface area contributed by atoms with Gasteiger partial charge in [0.2, 0.25) is 0 Å². The largest absolute Gasteiger partial charge is 0.339 e. The fraction of sp³-hybridized carbons (Fsp3) is 0.632. The van der Waals surface area contributed by atoms with Gasteiger partial charge in [-0.2, -0.15) is 0 Å². The van der Waals surface area contributed by atoms with Crippen LogP contribution in [0.4, 0.5) is 4.39 Å². The average Bonchev–Trinajstić information content (AvgIpc) is 2.57. The lowest BCUT2D eigenvalue weighted by Gasteiger charge is -2.38. The summed E-state index contributed by atoms with van der Waals surface area (Å²) < 4.78 is 13.9. The Balaban J connectivity index is 0.00000127. The minimum absolute atomic E-state index is 0.184. The number of halogens is 1. The van der Waals surface area contributed by atoms with Crippen LogP contribution in [-0.2, 0) is 0 Å². The first-order chi connectivity index (χ1) is 10.9. The highest BCUT2D eigenvalue weighted by Gasteiger charge is 2.27. The first kappa shape index (κ1) is 19.6. The van der Waals surface area contributed by atoms with Crippen molar-refractivity contribution in [1.82, 2.24) is 9.80 Å². The number of piperidine rings is 1. The first-order valence-corrected chi connectivity index (χ1v) is 8.67. The third-order valence-electron chi connectivity index (χ3n) is 4.45. The van der Waals surface area contributed by atoms with E-state index in [0.29, 0.717) is 6.04 Å². The topological polar surface area (TPSA) is 23.6 Å². The molecule has 0 spiro atoms. The van der Waals surface area contributed by atoms with E-state index >= 15 is 0 Å². The van der Waals surface area contributed by atoms with Crippen LogP contribution in [0, 0.1) is 12.7 Å². The van der Waals surface area contributed by atoms with Crippen molar-refractivity contribution < 1.29 is 9.18 Å². The summed E-state index contributed by atoms with van der Waals surface area (Å²) in [6.07, 6.45) is 1.90. The van der Waals surface area contributed by atoms with Crippen LogP contribution in [0.3, 0.4) is 0 Å². The summed E-state index contributed by atoms with van der Waals surface area (Å²) in [6.45, 7) is 12.2. The third kappa shape index (κ3) is 5.03. The van der Waals surface area contributed by atoms with Crippen LogP contribution in [0.1, 0.15) is 56.5 Å². The number of carbonyl (C=O) groups excluding carboxylic acids is 1. The van der Waals surface area contributed by atoms with Crippen molar-refractivity contribution in [1.29, 1.82) is 0 Å². The van der Waals surface area contributed by atoms with Crippen molar-refractivity contribution in [2.45, 2.75) is 59.5 Å². The standard InChI is InChI=1S/C17H25FN2O.C2H6/c1-12(2)20-9-7-14(8-10-20)19(4)17(21)15-11-13(3)5-6-16(15)18;1-2/h5-6,11-12,14H,7-10H2,1-4H3;1-2H3. The van der Waals surface area contributed by atoms with Crippen molar-refractivity contribution in [2.24, 2.45) is 0 Å². The summed E-state index contributed by atoms with van der Waals surface area (Å²) in [5.41, 5.74) is 1.09. The molecule has 1 aromatic carbocycles. The van der Waals surface area contributed by atoms with E-state index in [1.165, 1.54) is 6.07 Å². The van der Waals surface area contributed by atoms with Crippen molar-refractivity contribution in [2.75, 3.05) is 20.1 Å². The molecule has 1 heterocycles. The van der Waals surface area contributed by atoms with Gasteiger partial charge < -0.3 is 9.80 Å². The second-order valence-electron chi connectivity index (χ2n) is 6.26. The Morgan fingerprint density at radius 2 is 1.83 bits per heavy atom. The van der Waals surface area contributed by atoms with Crippen molar-refractivity contribution >= 4 is 5.91 Å². The Morgan fingerprint density at radius 3 is 2.35 bits per heavy atom. The molecule has 130 valence electrons. The van der Waals surface area contributed by atoms with Gasteiger partial charge >= 0.3 is 0 Å². The number of aryl methyl sites for hydroxylation is 1. The summed E-state index contributed by atoms with van der Waals surface area (Å²) in [6, 6.07) is 5.44. The minimum atomic E-state index is -0.433. The molecule has 1 fully saturated rings. The van der Waals surface area contributed by atoms with E-state index in [-0.39, 0.29) is 17.5 Å². The maximum Gasteiger partial charge on any atom is 0.256 e. The molecule has 1 aliphatic rings. The Kier molecular flexibility index (Phi) is 7.69. The summed E-state index contributed by atoms with van der Waals surface area (Å²) >= 11 is 0. The van der Waals surface area contributed by atoms with Gasteiger partial charge in [0, 0.05) is 32.2 Å². The van der Waals surface area contributed by atoms with E-state index in [0.717, 1.165) is 31.5 Å². The normalized spacial score (nSPS) is 16.0. The highest BCUT2D eigenvalue weighted by atomic mass is 19.1. The highest BCUT2D eigenvalue weighted by Crippen LogP contribution is 2.20. The fourth-order valence-electron chi connectivity index (χ4n) is 2.95. The summed E-state index contributed by atoms with van der Waals surface area (Å²) in [5, 5.41) is 0. The van der Waals surface area contributed by atoms with Crippen LogP contribution >= 0.6 is 0 Å². The van der Waals surface area contributed by atoms with Crippen molar-refractivity contribution in [3.05, 3.63) is 35.1 Å². The van der Waals surface area contributed by atoms with Gasteiger partial charge in [-0.05, 0) is 45.7 Å². The molecule has 0 atom stereocenters. The van der Waals surface area contributed by atoms with E-state index in [1.807, 2.05) is 20.8 Å². The Morgan fingerprint density at radius 1 is 1.26 bits per heavy atom. The molecule has 1 amide bonds. The molecule has 4 heteroatoms. The lowest BCUT2D eigenvalue weighted by Crippen LogP contribution is -2.47. The molecule has 2 rings (SSSR count). The van der Waals surface area contributed by atoms with Gasteiger partial charge in [-0.25, -0.2) is 4.39 Å². The third-order valence-corrected chi connectivity index (χ3v) is 4.45. The SMILES string of the molecule is CC.Cc1ccc(F)c(C(=O)N(C)C2CCN(C(C)C)CC2)c1. The van der Waals surface area contributed by atoms with Gasteiger partial charge in [-0.3, -0.25) is 4.79 Å². The van der Waals surface area contributed by atoms with E-state index in [1.54, 1.807) is 24.1 Å². The number of nitrogens with zero attached hydrogens (tertiary/aromatic N) is 2. The predicted octanol–water partition coefficient (Wildman–Crippen LogP) is 4.11. The molecule has 0 saturated carbocycles. The number of hydrogen-bond donors (Lipinski definition) is 0. The molecule has 3 nitrogen and oxygen atoms in total. The number of likely N-dealkylation sites (tertiary alicyclic amines) is 1. The minimum Gasteiger partial charge on any atom is -0.339 e. The van der Waals surface area contributed by atoms with Crippen molar-refractivity contribution in [3.63, 3.8) is 0 Å². The number of benzene rings is 1. The molecule has 0 aromatic heterocycles. The Bertz CT molecular complexity index is 508. The lowest BCUT2D eigenvalue weighted by molar-refractivity contribution is 0.0611. The zero-order chi connectivity index (χ0) is 17.6. The van der Waals surface area contributed by atoms with Crippen LogP contribution < -0.4 is 0 Å². The molecule has 1 aliphatic heterocycles. The van der Waals surface area contributed by atoms with Gasteiger partial charge in [0.05, 0.1) is 5.56 Å². The van der Waals surface area contributed by atoms with Crippen LogP contribution in [-0.4, -0.2) is 47.9 Å². The molecule has 1 aromatic rings. The monoisotopic (exact) mass is 322 g/mol. The van der Waals surface area contributed by atoms with Crippen molar-refractivity contribution in [3.8, 4) is 0 Å². The van der Waals surface area contributed by atoms with Gasteiger partial charge in [0.15, 0.2) is 0 Å². The maximum absolute atomic E-state index is 13.9. The second-order valence-corrected chi connectivity index (χ2v) is 6.26. The molecule has 0 unspecified atom stereocenters. The molecular weight excluding hydrogens is 291 g/mol. The zero-order valence-corrected chi connectivity index (χ0v) is 15.4. The second kappa shape index (κ2) is 9.02. The molecule has 0 N–H and O–H groups in total. The van der Waals surface area contributed by atoms with Crippen LogP contribution in [0.2, 0.25) is 0 Å². The van der Waals surface area contributed by atoms with E-state index < -0.39 is 5.82 Å². The van der Waals surface area contributed by atoms with Gasteiger partial charge in [-0.1, -0.05) is 25.5 Å².